The van der Waals surface area contributed by atoms with Crippen molar-refractivity contribution in [1.82, 2.24) is 5.32 Å². The third-order valence-electron chi connectivity index (χ3n) is 3.87. The van der Waals surface area contributed by atoms with Crippen molar-refractivity contribution < 1.29 is 18.0 Å². The molecule has 0 bridgehead atoms. The Hall–Kier alpha value is -2.05. The first kappa shape index (κ1) is 17.8. The molecule has 7 heteroatoms. The molecule has 1 aliphatic rings. The number of oxime groups is 1. The Balaban J connectivity index is 1.49. The smallest absolute Gasteiger partial charge is 0.390 e. The highest BCUT2D eigenvalue weighted by Gasteiger charge is 2.30. The van der Waals surface area contributed by atoms with E-state index >= 15 is 0 Å². The van der Waals surface area contributed by atoms with Crippen LogP contribution in [-0.4, -0.2) is 18.4 Å². The monoisotopic (exact) mass is 368 g/mol. The molecule has 25 heavy (non-hydrogen) atoms. The number of halogens is 4. The van der Waals surface area contributed by atoms with Gasteiger partial charge in [0, 0.05) is 24.5 Å². The molecule has 3 rings (SSSR count). The summed E-state index contributed by atoms with van der Waals surface area (Å²) in [6.07, 6.45) is -3.83. The van der Waals surface area contributed by atoms with Gasteiger partial charge in [0.2, 0.25) is 0 Å². The average molecular weight is 369 g/mol. The van der Waals surface area contributed by atoms with Crippen LogP contribution in [0.3, 0.4) is 0 Å². The molecule has 0 amide bonds. The number of hydrogen-bond donors (Lipinski definition) is 1. The van der Waals surface area contributed by atoms with Crippen molar-refractivity contribution in [2.45, 2.75) is 25.2 Å². The molecule has 1 aliphatic heterocycles. The fourth-order valence-electron chi connectivity index (χ4n) is 2.59. The minimum absolute atomic E-state index is 0.142. The van der Waals surface area contributed by atoms with Crippen LogP contribution in [0.2, 0.25) is 5.02 Å². The third kappa shape index (κ3) is 4.74. The molecule has 0 fully saturated rings. The van der Waals surface area contributed by atoms with Crippen LogP contribution in [0, 0.1) is 0 Å². The lowest BCUT2D eigenvalue weighted by Gasteiger charge is -2.11. The van der Waals surface area contributed by atoms with Gasteiger partial charge in [-0.2, -0.15) is 13.2 Å². The summed E-state index contributed by atoms with van der Waals surface area (Å²) in [5.41, 5.74) is 1.72. The number of hydrogen-bond acceptors (Lipinski definition) is 3. The van der Waals surface area contributed by atoms with Gasteiger partial charge >= 0.3 is 6.18 Å². The first-order valence-corrected chi connectivity index (χ1v) is 8.15. The molecule has 0 saturated heterocycles. The zero-order valence-electron chi connectivity index (χ0n) is 13.2. The van der Waals surface area contributed by atoms with Crippen molar-refractivity contribution >= 4 is 17.3 Å². The predicted molar refractivity (Wildman–Crippen MR) is 90.6 cm³/mol. The van der Waals surface area contributed by atoms with Crippen LogP contribution in [0.5, 0.6) is 0 Å². The van der Waals surface area contributed by atoms with E-state index in [9.17, 15) is 13.2 Å². The van der Waals surface area contributed by atoms with Crippen molar-refractivity contribution in [3.63, 3.8) is 0 Å². The minimum Gasteiger partial charge on any atom is -0.390 e. The van der Waals surface area contributed by atoms with Gasteiger partial charge in [0.25, 0.3) is 0 Å². The highest BCUT2D eigenvalue weighted by atomic mass is 35.5. The lowest BCUT2D eigenvalue weighted by atomic mass is 10.1. The maximum absolute atomic E-state index is 12.7. The van der Waals surface area contributed by atoms with Gasteiger partial charge in [0.15, 0.2) is 0 Å². The molecule has 0 radical (unpaired) electrons. The SMILES string of the molecule is FC(F)(F)c1cccc(CNC[C@@H]2CC(c3ccc(Cl)cc3)=NO2)c1. The van der Waals surface area contributed by atoms with Crippen LogP contribution in [-0.2, 0) is 17.6 Å². The summed E-state index contributed by atoms with van der Waals surface area (Å²) in [6, 6.07) is 12.6. The number of nitrogens with zero attached hydrogens (tertiary/aromatic N) is 1. The maximum atomic E-state index is 12.7. The molecule has 0 unspecified atom stereocenters. The lowest BCUT2D eigenvalue weighted by Crippen LogP contribution is -2.26. The Morgan fingerprint density at radius 1 is 1.16 bits per heavy atom. The Kier molecular flexibility index (Phi) is 5.30. The second-order valence-electron chi connectivity index (χ2n) is 5.81. The Morgan fingerprint density at radius 3 is 2.64 bits per heavy atom. The quantitative estimate of drug-likeness (QED) is 0.834. The van der Waals surface area contributed by atoms with Gasteiger partial charge in [0.1, 0.15) is 6.10 Å². The topological polar surface area (TPSA) is 33.6 Å². The molecule has 0 aliphatic carbocycles. The molecule has 1 heterocycles. The molecule has 2 aromatic carbocycles. The first-order valence-electron chi connectivity index (χ1n) is 7.77. The van der Waals surface area contributed by atoms with Crippen LogP contribution < -0.4 is 5.32 Å². The molecule has 3 nitrogen and oxygen atoms in total. The van der Waals surface area contributed by atoms with Gasteiger partial charge in [-0.1, -0.05) is 47.1 Å². The zero-order valence-corrected chi connectivity index (χ0v) is 13.9. The summed E-state index contributed by atoms with van der Waals surface area (Å²) in [4.78, 5) is 5.38. The standard InChI is InChI=1S/C18H16ClF3N2O/c19-15-6-4-13(5-7-15)17-9-16(25-24-17)11-23-10-12-2-1-3-14(8-12)18(20,21)22/h1-8,16,23H,9-11H2/t16-/m0/s1. The molecule has 0 saturated carbocycles. The van der Waals surface area contributed by atoms with E-state index in [0.29, 0.717) is 30.1 Å². The Bertz CT molecular complexity index is 760. The molecular weight excluding hydrogens is 353 g/mol. The number of rotatable bonds is 5. The summed E-state index contributed by atoms with van der Waals surface area (Å²) in [7, 11) is 0. The normalized spacial score (nSPS) is 17.3. The fraction of sp³-hybridized carbons (Fsp3) is 0.278. The van der Waals surface area contributed by atoms with Gasteiger partial charge in [-0.15, -0.1) is 0 Å². The van der Waals surface area contributed by atoms with Gasteiger partial charge in [-0.25, -0.2) is 0 Å². The number of alkyl halides is 3. The molecule has 1 atom stereocenters. The Morgan fingerprint density at radius 2 is 1.92 bits per heavy atom. The summed E-state index contributed by atoms with van der Waals surface area (Å²) in [5, 5.41) is 7.85. The van der Waals surface area contributed by atoms with Crippen molar-refractivity contribution in [1.29, 1.82) is 0 Å². The first-order chi connectivity index (χ1) is 11.9. The van der Waals surface area contributed by atoms with Gasteiger partial charge < -0.3 is 10.2 Å². The second kappa shape index (κ2) is 7.45. The van der Waals surface area contributed by atoms with E-state index in [1.54, 1.807) is 18.2 Å². The van der Waals surface area contributed by atoms with Crippen molar-refractivity contribution in [2.75, 3.05) is 6.54 Å². The largest absolute Gasteiger partial charge is 0.416 e. The molecule has 1 N–H and O–H groups in total. The van der Waals surface area contributed by atoms with E-state index in [4.69, 9.17) is 16.4 Å². The summed E-state index contributed by atoms with van der Waals surface area (Å²) < 4.78 is 38.1. The van der Waals surface area contributed by atoms with Crippen LogP contribution in [0.4, 0.5) is 13.2 Å². The summed E-state index contributed by atoms with van der Waals surface area (Å²) >= 11 is 5.86. The van der Waals surface area contributed by atoms with E-state index in [0.717, 1.165) is 23.4 Å². The van der Waals surface area contributed by atoms with Crippen molar-refractivity contribution in [3.8, 4) is 0 Å². The van der Waals surface area contributed by atoms with E-state index in [2.05, 4.69) is 10.5 Å². The third-order valence-corrected chi connectivity index (χ3v) is 4.12. The molecule has 2 aromatic rings. The second-order valence-corrected chi connectivity index (χ2v) is 6.24. The predicted octanol–water partition coefficient (Wildman–Crippen LogP) is 4.64. The molecule has 132 valence electrons. The molecule has 0 aromatic heterocycles. The maximum Gasteiger partial charge on any atom is 0.416 e. The van der Waals surface area contributed by atoms with E-state index < -0.39 is 11.7 Å². The fourth-order valence-corrected chi connectivity index (χ4v) is 2.71. The molecule has 0 spiro atoms. The summed E-state index contributed by atoms with van der Waals surface area (Å²) in [6.45, 7) is 0.830. The van der Waals surface area contributed by atoms with E-state index in [1.165, 1.54) is 6.07 Å². The van der Waals surface area contributed by atoms with E-state index in [-0.39, 0.29) is 6.10 Å². The van der Waals surface area contributed by atoms with Crippen LogP contribution >= 0.6 is 11.6 Å². The highest BCUT2D eigenvalue weighted by molar-refractivity contribution is 6.30. The van der Waals surface area contributed by atoms with Crippen LogP contribution in [0.25, 0.3) is 0 Å². The van der Waals surface area contributed by atoms with Crippen LogP contribution in [0.1, 0.15) is 23.1 Å². The lowest BCUT2D eigenvalue weighted by molar-refractivity contribution is -0.137. The summed E-state index contributed by atoms with van der Waals surface area (Å²) in [5.74, 6) is 0. The molecular formula is C18H16ClF3N2O. The minimum atomic E-state index is -4.33. The van der Waals surface area contributed by atoms with Gasteiger partial charge in [0.05, 0.1) is 11.3 Å². The number of nitrogens with one attached hydrogen (secondary N) is 1. The van der Waals surface area contributed by atoms with Crippen LogP contribution in [0.15, 0.2) is 53.7 Å². The zero-order chi connectivity index (χ0) is 17.9. The Labute approximate surface area is 148 Å². The van der Waals surface area contributed by atoms with Gasteiger partial charge in [-0.05, 0) is 29.3 Å². The van der Waals surface area contributed by atoms with E-state index in [1.807, 2.05) is 12.1 Å². The highest BCUT2D eigenvalue weighted by Crippen LogP contribution is 2.29. The van der Waals surface area contributed by atoms with Gasteiger partial charge in [-0.3, -0.25) is 0 Å². The number of benzene rings is 2. The van der Waals surface area contributed by atoms with Crippen molar-refractivity contribution in [2.24, 2.45) is 5.16 Å². The average Bonchev–Trinajstić information content (AvgIpc) is 3.04. The van der Waals surface area contributed by atoms with Crippen molar-refractivity contribution in [3.05, 3.63) is 70.2 Å².